The van der Waals surface area contributed by atoms with Gasteiger partial charge in [0.1, 0.15) is 12.4 Å². The van der Waals surface area contributed by atoms with Gasteiger partial charge in [-0.2, -0.15) is 0 Å². The van der Waals surface area contributed by atoms with Crippen LogP contribution >= 0.6 is 11.8 Å². The lowest BCUT2D eigenvalue weighted by Crippen LogP contribution is -2.28. The Morgan fingerprint density at radius 2 is 1.83 bits per heavy atom. The number of nitrogens with zero attached hydrogens (tertiary/aromatic N) is 3. The van der Waals surface area contributed by atoms with E-state index in [0.29, 0.717) is 16.9 Å². The minimum absolute atomic E-state index is 0.0995. The van der Waals surface area contributed by atoms with Crippen molar-refractivity contribution in [1.29, 1.82) is 0 Å². The van der Waals surface area contributed by atoms with Crippen LogP contribution < -0.4 is 15.9 Å². The van der Waals surface area contributed by atoms with Crippen LogP contribution in [0.4, 0.5) is 0 Å². The highest BCUT2D eigenvalue weighted by Gasteiger charge is 2.16. The van der Waals surface area contributed by atoms with Gasteiger partial charge in [0.05, 0.1) is 11.8 Å². The Bertz CT molecular complexity index is 1330. The van der Waals surface area contributed by atoms with Crippen molar-refractivity contribution in [2.75, 3.05) is 11.6 Å². The molecule has 0 aliphatic heterocycles. The van der Waals surface area contributed by atoms with Crippen molar-refractivity contribution in [2.24, 2.45) is 0 Å². The van der Waals surface area contributed by atoms with Crippen LogP contribution in [-0.2, 0) is 11.4 Å². The Balaban J connectivity index is 1.35. The lowest BCUT2D eigenvalue weighted by molar-refractivity contribution is -0.119. The average Bonchev–Trinajstić information content (AvgIpc) is 3.20. The van der Waals surface area contributed by atoms with Crippen LogP contribution in [0, 0.1) is 6.92 Å². The number of thioether (sulfide) groups is 1. The summed E-state index contributed by atoms with van der Waals surface area (Å²) in [4.78, 5) is 12.6. The third-order valence-corrected chi connectivity index (χ3v) is 6.83. The molecule has 1 heterocycles. The maximum absolute atomic E-state index is 12.6. The molecular formula is C27H31N5O2S. The Morgan fingerprint density at radius 1 is 1.06 bits per heavy atom. The predicted molar refractivity (Wildman–Crippen MR) is 141 cm³/mol. The maximum atomic E-state index is 12.6. The zero-order valence-electron chi connectivity index (χ0n) is 20.5. The van der Waals surface area contributed by atoms with Gasteiger partial charge in [-0.15, -0.1) is 10.2 Å². The summed E-state index contributed by atoms with van der Waals surface area (Å²) in [5.74, 6) is 7.92. The quantitative estimate of drug-likeness (QED) is 0.250. The molecule has 7 nitrogen and oxygen atoms in total. The van der Waals surface area contributed by atoms with Gasteiger partial charge in [0.25, 0.3) is 0 Å². The molecule has 0 saturated heterocycles. The van der Waals surface area contributed by atoms with Crippen LogP contribution in [0.5, 0.6) is 5.75 Å². The number of nitrogens with two attached hydrogens (primary N) is 1. The molecule has 0 spiro atoms. The van der Waals surface area contributed by atoms with Crippen molar-refractivity contribution >= 4 is 28.4 Å². The van der Waals surface area contributed by atoms with Gasteiger partial charge in [-0.3, -0.25) is 4.79 Å². The SMILES string of the molecule is Cc1ccc(C(C)C)c(OCc2nnc(SCC(=O)NC(C)c3cccc4ccccc34)n2N)c1. The highest BCUT2D eigenvalue weighted by molar-refractivity contribution is 7.99. The summed E-state index contributed by atoms with van der Waals surface area (Å²) in [6.45, 7) is 8.47. The topological polar surface area (TPSA) is 95.1 Å². The number of carbonyl (C=O) groups is 1. The number of amides is 1. The molecule has 3 aromatic carbocycles. The molecule has 1 atom stereocenters. The van der Waals surface area contributed by atoms with Gasteiger partial charge in [-0.25, -0.2) is 4.68 Å². The summed E-state index contributed by atoms with van der Waals surface area (Å²) in [6, 6.07) is 20.3. The van der Waals surface area contributed by atoms with E-state index in [-0.39, 0.29) is 24.3 Å². The van der Waals surface area contributed by atoms with E-state index in [0.717, 1.165) is 33.2 Å². The number of ether oxygens (including phenoxy) is 1. The lowest BCUT2D eigenvalue weighted by Gasteiger charge is -2.16. The predicted octanol–water partition coefficient (Wildman–Crippen LogP) is 5.13. The van der Waals surface area contributed by atoms with E-state index in [4.69, 9.17) is 10.6 Å². The monoisotopic (exact) mass is 489 g/mol. The summed E-state index contributed by atoms with van der Waals surface area (Å²) in [5.41, 5.74) is 3.34. The Kier molecular flexibility index (Phi) is 7.60. The first-order valence-electron chi connectivity index (χ1n) is 11.7. The molecule has 0 saturated carbocycles. The maximum Gasteiger partial charge on any atom is 0.230 e. The standard InChI is InChI=1S/C27H31N5O2S/c1-17(2)21-13-12-18(3)14-24(21)34-15-25-30-31-27(32(25)28)35-16-26(33)29-19(4)22-11-7-9-20-8-5-6-10-23(20)22/h5-14,17,19H,15-16,28H2,1-4H3,(H,29,33). The number of carbonyl (C=O) groups excluding carboxylic acids is 1. The fourth-order valence-electron chi connectivity index (χ4n) is 4.01. The molecule has 0 aliphatic rings. The third kappa shape index (κ3) is 5.77. The van der Waals surface area contributed by atoms with Crippen molar-refractivity contribution in [3.8, 4) is 5.75 Å². The zero-order valence-corrected chi connectivity index (χ0v) is 21.3. The van der Waals surface area contributed by atoms with Gasteiger partial charge in [0, 0.05) is 0 Å². The van der Waals surface area contributed by atoms with Crippen molar-refractivity contribution < 1.29 is 9.53 Å². The van der Waals surface area contributed by atoms with E-state index in [1.165, 1.54) is 16.4 Å². The van der Waals surface area contributed by atoms with Crippen LogP contribution in [0.2, 0.25) is 0 Å². The number of aryl methyl sites for hydroxylation is 1. The molecule has 0 bridgehead atoms. The van der Waals surface area contributed by atoms with Crippen molar-refractivity contribution in [3.05, 3.63) is 83.2 Å². The number of nitrogen functional groups attached to an aromatic ring is 1. The first kappa shape index (κ1) is 24.6. The normalized spacial score (nSPS) is 12.1. The number of hydrogen-bond donors (Lipinski definition) is 2. The summed E-state index contributed by atoms with van der Waals surface area (Å²) in [6.07, 6.45) is 0. The summed E-state index contributed by atoms with van der Waals surface area (Å²) >= 11 is 1.25. The summed E-state index contributed by atoms with van der Waals surface area (Å²) < 4.78 is 7.42. The van der Waals surface area contributed by atoms with Gasteiger partial charge >= 0.3 is 0 Å². The largest absolute Gasteiger partial charge is 0.485 e. The lowest BCUT2D eigenvalue weighted by atomic mass is 10.00. The Hall–Kier alpha value is -3.52. The van der Waals surface area contributed by atoms with E-state index in [1.54, 1.807) is 0 Å². The third-order valence-electron chi connectivity index (χ3n) is 5.88. The minimum atomic E-state index is -0.126. The van der Waals surface area contributed by atoms with Crippen molar-refractivity contribution in [3.63, 3.8) is 0 Å². The van der Waals surface area contributed by atoms with Crippen LogP contribution in [0.15, 0.2) is 65.8 Å². The zero-order chi connectivity index (χ0) is 24.9. The van der Waals surface area contributed by atoms with Crippen LogP contribution in [0.25, 0.3) is 10.8 Å². The number of rotatable bonds is 9. The second-order valence-corrected chi connectivity index (χ2v) is 9.84. The van der Waals surface area contributed by atoms with Gasteiger partial charge in [-0.1, -0.05) is 80.2 Å². The van der Waals surface area contributed by atoms with E-state index in [1.807, 2.05) is 44.2 Å². The minimum Gasteiger partial charge on any atom is -0.485 e. The molecule has 0 radical (unpaired) electrons. The molecule has 3 N–H and O–H groups in total. The van der Waals surface area contributed by atoms with E-state index in [9.17, 15) is 4.79 Å². The molecule has 1 unspecified atom stereocenters. The van der Waals surface area contributed by atoms with Gasteiger partial charge < -0.3 is 15.9 Å². The van der Waals surface area contributed by atoms with E-state index >= 15 is 0 Å². The summed E-state index contributed by atoms with van der Waals surface area (Å²) in [5, 5.41) is 14.1. The second kappa shape index (κ2) is 10.8. The molecule has 1 amide bonds. The Labute approximate surface area is 210 Å². The highest BCUT2D eigenvalue weighted by atomic mass is 32.2. The number of aromatic nitrogens is 3. The fraction of sp³-hybridized carbons (Fsp3) is 0.296. The molecule has 8 heteroatoms. The molecule has 4 rings (SSSR count). The smallest absolute Gasteiger partial charge is 0.230 e. The molecular weight excluding hydrogens is 458 g/mol. The van der Waals surface area contributed by atoms with Crippen molar-refractivity contribution in [2.45, 2.75) is 51.4 Å². The first-order chi connectivity index (χ1) is 16.8. The van der Waals surface area contributed by atoms with Crippen LogP contribution in [0.1, 0.15) is 55.2 Å². The van der Waals surface area contributed by atoms with Crippen LogP contribution in [0.3, 0.4) is 0 Å². The number of fused-ring (bicyclic) bond motifs is 1. The molecule has 0 fully saturated rings. The molecule has 4 aromatic rings. The number of benzene rings is 3. The van der Waals surface area contributed by atoms with E-state index in [2.05, 4.69) is 59.7 Å². The molecule has 0 aliphatic carbocycles. The van der Waals surface area contributed by atoms with Gasteiger partial charge in [0.2, 0.25) is 11.1 Å². The van der Waals surface area contributed by atoms with E-state index < -0.39 is 0 Å². The molecule has 182 valence electrons. The van der Waals surface area contributed by atoms with Gasteiger partial charge in [0.15, 0.2) is 5.82 Å². The number of hydrogen-bond acceptors (Lipinski definition) is 6. The van der Waals surface area contributed by atoms with Crippen molar-refractivity contribution in [1.82, 2.24) is 20.2 Å². The number of nitrogens with one attached hydrogen (secondary N) is 1. The first-order valence-corrected chi connectivity index (χ1v) is 12.6. The molecule has 1 aromatic heterocycles. The summed E-state index contributed by atoms with van der Waals surface area (Å²) in [7, 11) is 0. The van der Waals surface area contributed by atoms with Gasteiger partial charge in [-0.05, 0) is 53.3 Å². The van der Waals surface area contributed by atoms with Crippen LogP contribution in [-0.4, -0.2) is 26.5 Å². The molecule has 35 heavy (non-hydrogen) atoms. The second-order valence-electron chi connectivity index (χ2n) is 8.90. The highest BCUT2D eigenvalue weighted by Crippen LogP contribution is 2.28. The average molecular weight is 490 g/mol. The fourth-order valence-corrected chi connectivity index (χ4v) is 4.70. The Morgan fingerprint density at radius 3 is 2.63 bits per heavy atom.